The molecule has 0 atom stereocenters. The highest BCUT2D eigenvalue weighted by Crippen LogP contribution is 2.29. The second kappa shape index (κ2) is 5.83. The summed E-state index contributed by atoms with van der Waals surface area (Å²) < 4.78 is 26.8. The molecule has 0 saturated heterocycles. The Morgan fingerprint density at radius 3 is 2.40 bits per heavy atom. The molecule has 0 aromatic heterocycles. The van der Waals surface area contributed by atoms with E-state index in [0.29, 0.717) is 5.02 Å². The van der Waals surface area contributed by atoms with Crippen LogP contribution in [0.1, 0.15) is 5.56 Å². The van der Waals surface area contributed by atoms with Gasteiger partial charge in [0.15, 0.2) is 17.3 Å². The Labute approximate surface area is 118 Å². The lowest BCUT2D eigenvalue weighted by molar-refractivity contribution is -0.384. The molecule has 0 aliphatic carbocycles. The molecule has 1 N–H and O–H groups in total. The van der Waals surface area contributed by atoms with Crippen molar-refractivity contribution in [1.82, 2.24) is 0 Å². The van der Waals surface area contributed by atoms with Gasteiger partial charge in [-0.05, 0) is 23.8 Å². The third kappa shape index (κ3) is 3.03. The highest BCUT2D eigenvalue weighted by atomic mass is 35.5. The molecule has 2 aromatic rings. The largest absolute Gasteiger partial charge is 0.373 e. The molecule has 0 saturated carbocycles. The van der Waals surface area contributed by atoms with Gasteiger partial charge in [0.2, 0.25) is 0 Å². The van der Waals surface area contributed by atoms with Crippen LogP contribution >= 0.6 is 11.6 Å². The summed E-state index contributed by atoms with van der Waals surface area (Å²) in [6, 6.07) is 8.27. The van der Waals surface area contributed by atoms with Gasteiger partial charge in [0.1, 0.15) is 0 Å². The van der Waals surface area contributed by atoms with Gasteiger partial charge in [-0.1, -0.05) is 23.7 Å². The molecule has 2 aromatic carbocycles. The van der Waals surface area contributed by atoms with Crippen molar-refractivity contribution in [3.63, 3.8) is 0 Å². The Balaban J connectivity index is 2.26. The zero-order chi connectivity index (χ0) is 14.7. The van der Waals surface area contributed by atoms with Gasteiger partial charge >= 0.3 is 0 Å². The number of anilines is 1. The lowest BCUT2D eigenvalue weighted by Crippen LogP contribution is -2.06. The van der Waals surface area contributed by atoms with Crippen molar-refractivity contribution >= 4 is 23.0 Å². The second-order valence-corrected chi connectivity index (χ2v) is 4.43. The van der Waals surface area contributed by atoms with Crippen molar-refractivity contribution < 1.29 is 13.7 Å². The number of nitrogens with one attached hydrogen (secondary N) is 1. The fraction of sp³-hybridized carbons (Fsp3) is 0.0769. The Kier molecular flexibility index (Phi) is 4.14. The van der Waals surface area contributed by atoms with Gasteiger partial charge in [0.05, 0.1) is 4.92 Å². The molecule has 7 heteroatoms. The molecule has 0 bridgehead atoms. The van der Waals surface area contributed by atoms with Crippen LogP contribution in [0.3, 0.4) is 0 Å². The molecule has 0 heterocycles. The molecular formula is C13H9ClF2N2O2. The summed E-state index contributed by atoms with van der Waals surface area (Å²) in [6.45, 7) is 0.110. The second-order valence-electron chi connectivity index (χ2n) is 3.99. The number of hydrogen-bond donors (Lipinski definition) is 1. The third-order valence-electron chi connectivity index (χ3n) is 2.65. The fourth-order valence-electron chi connectivity index (χ4n) is 1.65. The van der Waals surface area contributed by atoms with Crippen molar-refractivity contribution in [2.75, 3.05) is 5.32 Å². The normalized spacial score (nSPS) is 10.3. The standard InChI is InChI=1S/C13H9ClF2N2O2/c14-9-3-1-8(2-4-9)7-17-13-11(18(19)20)6-5-10(15)12(13)16/h1-6,17H,7H2. The van der Waals surface area contributed by atoms with E-state index in [1.165, 1.54) is 0 Å². The fourth-order valence-corrected chi connectivity index (χ4v) is 1.78. The van der Waals surface area contributed by atoms with E-state index in [9.17, 15) is 18.9 Å². The topological polar surface area (TPSA) is 55.2 Å². The summed E-state index contributed by atoms with van der Waals surface area (Å²) in [7, 11) is 0. The molecular weight excluding hydrogens is 290 g/mol. The summed E-state index contributed by atoms with van der Waals surface area (Å²) in [5, 5.41) is 13.9. The lowest BCUT2D eigenvalue weighted by Gasteiger charge is -2.09. The van der Waals surface area contributed by atoms with Crippen LogP contribution in [0.4, 0.5) is 20.2 Å². The molecule has 20 heavy (non-hydrogen) atoms. The van der Waals surface area contributed by atoms with Crippen LogP contribution < -0.4 is 5.32 Å². The Bertz CT molecular complexity index is 648. The van der Waals surface area contributed by atoms with Gasteiger partial charge in [-0.2, -0.15) is 0 Å². The van der Waals surface area contributed by atoms with Crippen molar-refractivity contribution in [3.8, 4) is 0 Å². The van der Waals surface area contributed by atoms with Crippen molar-refractivity contribution in [1.29, 1.82) is 0 Å². The monoisotopic (exact) mass is 298 g/mol. The first-order chi connectivity index (χ1) is 9.49. The quantitative estimate of drug-likeness (QED) is 0.682. The van der Waals surface area contributed by atoms with E-state index < -0.39 is 27.9 Å². The minimum atomic E-state index is -1.27. The van der Waals surface area contributed by atoms with Crippen molar-refractivity contribution in [3.05, 3.63) is 68.7 Å². The Morgan fingerprint density at radius 1 is 1.15 bits per heavy atom. The van der Waals surface area contributed by atoms with Gasteiger partial charge in [-0.25, -0.2) is 8.78 Å². The lowest BCUT2D eigenvalue weighted by atomic mass is 10.2. The average Bonchev–Trinajstić information content (AvgIpc) is 2.42. The molecule has 0 amide bonds. The molecule has 0 radical (unpaired) electrons. The van der Waals surface area contributed by atoms with Crippen molar-refractivity contribution in [2.24, 2.45) is 0 Å². The maximum Gasteiger partial charge on any atom is 0.295 e. The van der Waals surface area contributed by atoms with Crippen LogP contribution in [0.25, 0.3) is 0 Å². The molecule has 0 unspecified atom stereocenters. The molecule has 0 aliphatic heterocycles. The van der Waals surface area contributed by atoms with E-state index in [1.807, 2.05) is 0 Å². The predicted molar refractivity (Wildman–Crippen MR) is 71.8 cm³/mol. The molecule has 0 aliphatic rings. The number of benzene rings is 2. The summed E-state index contributed by atoms with van der Waals surface area (Å²) in [5.74, 6) is -2.41. The maximum atomic E-state index is 13.6. The van der Waals surface area contributed by atoms with Crippen LogP contribution in [0.5, 0.6) is 0 Å². The van der Waals surface area contributed by atoms with E-state index in [2.05, 4.69) is 5.32 Å². The van der Waals surface area contributed by atoms with Crippen LogP contribution in [0, 0.1) is 21.7 Å². The SMILES string of the molecule is O=[N+]([O-])c1ccc(F)c(F)c1NCc1ccc(Cl)cc1. The van der Waals surface area contributed by atoms with Gasteiger partial charge in [0.25, 0.3) is 5.69 Å². The third-order valence-corrected chi connectivity index (χ3v) is 2.90. The van der Waals surface area contributed by atoms with E-state index >= 15 is 0 Å². The number of hydrogen-bond acceptors (Lipinski definition) is 3. The summed E-state index contributed by atoms with van der Waals surface area (Å²) >= 11 is 5.72. The number of nitro benzene ring substituents is 1. The first-order valence-corrected chi connectivity index (χ1v) is 5.97. The first-order valence-electron chi connectivity index (χ1n) is 5.59. The Hall–Kier alpha value is -2.21. The molecule has 104 valence electrons. The van der Waals surface area contributed by atoms with Crippen LogP contribution in [-0.4, -0.2) is 4.92 Å². The minimum absolute atomic E-state index is 0.110. The maximum absolute atomic E-state index is 13.6. The average molecular weight is 299 g/mol. The number of nitro groups is 1. The van der Waals surface area contributed by atoms with Gasteiger partial charge in [-0.3, -0.25) is 10.1 Å². The molecule has 0 spiro atoms. The molecule has 4 nitrogen and oxygen atoms in total. The van der Waals surface area contributed by atoms with Crippen molar-refractivity contribution in [2.45, 2.75) is 6.54 Å². The predicted octanol–water partition coefficient (Wildman–Crippen LogP) is 4.14. The summed E-state index contributed by atoms with van der Waals surface area (Å²) in [5.41, 5.74) is -0.254. The number of rotatable bonds is 4. The zero-order valence-electron chi connectivity index (χ0n) is 10.1. The van der Waals surface area contributed by atoms with E-state index in [0.717, 1.165) is 17.7 Å². The minimum Gasteiger partial charge on any atom is -0.373 e. The van der Waals surface area contributed by atoms with Gasteiger partial charge < -0.3 is 5.32 Å². The highest BCUT2D eigenvalue weighted by molar-refractivity contribution is 6.30. The van der Waals surface area contributed by atoms with E-state index in [4.69, 9.17) is 11.6 Å². The van der Waals surface area contributed by atoms with E-state index in [-0.39, 0.29) is 6.54 Å². The Morgan fingerprint density at radius 2 is 1.80 bits per heavy atom. The highest BCUT2D eigenvalue weighted by Gasteiger charge is 2.21. The zero-order valence-corrected chi connectivity index (χ0v) is 10.8. The molecule has 2 rings (SSSR count). The van der Waals surface area contributed by atoms with Crippen LogP contribution in [0.2, 0.25) is 5.02 Å². The van der Waals surface area contributed by atoms with Gasteiger partial charge in [0, 0.05) is 17.6 Å². The summed E-state index contributed by atoms with van der Waals surface area (Å²) in [6.07, 6.45) is 0. The van der Waals surface area contributed by atoms with Crippen LogP contribution in [0.15, 0.2) is 36.4 Å². The molecule has 0 fully saturated rings. The first kappa shape index (κ1) is 14.2. The van der Waals surface area contributed by atoms with Gasteiger partial charge in [-0.15, -0.1) is 0 Å². The number of nitrogens with zero attached hydrogens (tertiary/aromatic N) is 1. The van der Waals surface area contributed by atoms with Crippen LogP contribution in [-0.2, 0) is 6.54 Å². The number of halogens is 3. The van der Waals surface area contributed by atoms with E-state index in [1.54, 1.807) is 24.3 Å². The summed E-state index contributed by atoms with van der Waals surface area (Å²) in [4.78, 5) is 10.0. The smallest absolute Gasteiger partial charge is 0.295 e.